The third-order valence-electron chi connectivity index (χ3n) is 1.81. The first-order valence-corrected chi connectivity index (χ1v) is 4.49. The average molecular weight is 215 g/mol. The molecule has 5 heteroatoms. The largest absolute Gasteiger partial charge is 0.481 e. The highest BCUT2D eigenvalue weighted by molar-refractivity contribution is 6.30. The second-order valence-corrected chi connectivity index (χ2v) is 3.40. The van der Waals surface area contributed by atoms with Crippen LogP contribution in [0.2, 0.25) is 5.15 Å². The van der Waals surface area contributed by atoms with Crippen LogP contribution < -0.4 is 5.73 Å². The Bertz CT molecular complexity index is 355. The third-order valence-corrected chi connectivity index (χ3v) is 2.11. The maximum absolute atomic E-state index is 10.4. The topological polar surface area (TPSA) is 76.2 Å². The van der Waals surface area contributed by atoms with Gasteiger partial charge in [0.05, 0.1) is 6.42 Å². The maximum atomic E-state index is 10.4. The molecule has 1 unspecified atom stereocenters. The van der Waals surface area contributed by atoms with Crippen molar-refractivity contribution < 1.29 is 9.90 Å². The van der Waals surface area contributed by atoms with Gasteiger partial charge in [-0.2, -0.15) is 0 Å². The van der Waals surface area contributed by atoms with Crippen LogP contribution in [0.15, 0.2) is 12.1 Å². The molecule has 0 saturated carbocycles. The normalized spacial score (nSPS) is 12.5. The van der Waals surface area contributed by atoms with Crippen molar-refractivity contribution in [3.63, 3.8) is 0 Å². The summed E-state index contributed by atoms with van der Waals surface area (Å²) in [4.78, 5) is 14.4. The van der Waals surface area contributed by atoms with E-state index < -0.39 is 12.0 Å². The zero-order valence-corrected chi connectivity index (χ0v) is 8.45. The lowest BCUT2D eigenvalue weighted by molar-refractivity contribution is -0.137. The number of carbonyl (C=O) groups is 1. The molecule has 0 fully saturated rings. The molecule has 1 aromatic rings. The molecule has 0 spiro atoms. The van der Waals surface area contributed by atoms with Gasteiger partial charge in [-0.25, -0.2) is 4.98 Å². The van der Waals surface area contributed by atoms with Crippen LogP contribution in [0, 0.1) is 6.92 Å². The summed E-state index contributed by atoms with van der Waals surface area (Å²) in [6, 6.07) is 2.86. The minimum absolute atomic E-state index is 0.148. The van der Waals surface area contributed by atoms with Gasteiger partial charge in [-0.05, 0) is 13.0 Å². The van der Waals surface area contributed by atoms with Gasteiger partial charge in [0.25, 0.3) is 0 Å². The molecule has 1 heterocycles. The number of aliphatic carboxylic acids is 1. The van der Waals surface area contributed by atoms with Crippen LogP contribution in [0.5, 0.6) is 0 Å². The van der Waals surface area contributed by atoms with Gasteiger partial charge in [-0.3, -0.25) is 4.79 Å². The fourth-order valence-corrected chi connectivity index (χ4v) is 1.45. The third kappa shape index (κ3) is 2.68. The average Bonchev–Trinajstić information content (AvgIpc) is 2.01. The number of nitrogens with two attached hydrogens (primary N) is 1. The number of hydrogen-bond donors (Lipinski definition) is 2. The number of halogens is 1. The number of carboxylic acid groups (broad SMARTS) is 1. The molecule has 1 rings (SSSR count). The van der Waals surface area contributed by atoms with Gasteiger partial charge in [0.1, 0.15) is 5.15 Å². The van der Waals surface area contributed by atoms with Crippen molar-refractivity contribution in [2.45, 2.75) is 19.4 Å². The fraction of sp³-hybridized carbons (Fsp3) is 0.333. The number of hydrogen-bond acceptors (Lipinski definition) is 3. The lowest BCUT2D eigenvalue weighted by Gasteiger charge is -2.10. The molecule has 0 saturated heterocycles. The molecule has 14 heavy (non-hydrogen) atoms. The highest BCUT2D eigenvalue weighted by Crippen LogP contribution is 2.21. The van der Waals surface area contributed by atoms with Crippen molar-refractivity contribution in [2.75, 3.05) is 0 Å². The monoisotopic (exact) mass is 214 g/mol. The Morgan fingerprint density at radius 2 is 2.36 bits per heavy atom. The van der Waals surface area contributed by atoms with Gasteiger partial charge in [0, 0.05) is 17.3 Å². The van der Waals surface area contributed by atoms with Crippen LogP contribution in [0.25, 0.3) is 0 Å². The second-order valence-electron chi connectivity index (χ2n) is 3.04. The Hall–Kier alpha value is -1.13. The van der Waals surface area contributed by atoms with Gasteiger partial charge in [-0.15, -0.1) is 0 Å². The molecule has 1 atom stereocenters. The van der Waals surface area contributed by atoms with E-state index in [0.29, 0.717) is 5.56 Å². The first kappa shape index (κ1) is 10.9. The van der Waals surface area contributed by atoms with E-state index in [2.05, 4.69) is 4.98 Å². The number of rotatable bonds is 3. The molecule has 3 N–H and O–H groups in total. The van der Waals surface area contributed by atoms with Crippen molar-refractivity contribution in [1.82, 2.24) is 4.98 Å². The lowest BCUT2D eigenvalue weighted by Crippen LogP contribution is -2.15. The number of carboxylic acids is 1. The first-order valence-electron chi connectivity index (χ1n) is 4.11. The van der Waals surface area contributed by atoms with Crippen LogP contribution in [0.3, 0.4) is 0 Å². The van der Waals surface area contributed by atoms with E-state index in [9.17, 15) is 4.79 Å². The zero-order chi connectivity index (χ0) is 10.7. The van der Waals surface area contributed by atoms with Crippen molar-refractivity contribution in [3.05, 3.63) is 28.5 Å². The standard InChI is InChI=1S/C9H11ClN2O2/c1-5-2-3-6(9(10)12-5)7(11)4-8(13)14/h2-3,7H,4,11H2,1H3,(H,13,14). The summed E-state index contributed by atoms with van der Waals surface area (Å²) in [6.07, 6.45) is -0.148. The van der Waals surface area contributed by atoms with Crippen LogP contribution >= 0.6 is 11.6 Å². The van der Waals surface area contributed by atoms with E-state index in [1.165, 1.54) is 0 Å². The Kier molecular flexibility index (Phi) is 3.43. The van der Waals surface area contributed by atoms with Crippen molar-refractivity contribution in [3.8, 4) is 0 Å². The van der Waals surface area contributed by atoms with E-state index >= 15 is 0 Å². The number of nitrogens with zero attached hydrogens (tertiary/aromatic N) is 1. The van der Waals surface area contributed by atoms with Gasteiger partial charge in [0.2, 0.25) is 0 Å². The quantitative estimate of drug-likeness (QED) is 0.748. The Morgan fingerprint density at radius 3 is 2.86 bits per heavy atom. The summed E-state index contributed by atoms with van der Waals surface area (Å²) >= 11 is 5.82. The summed E-state index contributed by atoms with van der Waals surface area (Å²) in [5.74, 6) is -0.950. The Morgan fingerprint density at radius 1 is 1.71 bits per heavy atom. The van der Waals surface area contributed by atoms with Crippen LogP contribution in [0.4, 0.5) is 0 Å². The molecule has 0 radical (unpaired) electrons. The molecule has 0 aliphatic rings. The Labute approximate surface area is 86.7 Å². The SMILES string of the molecule is Cc1ccc(C(N)CC(=O)O)c(Cl)n1. The summed E-state index contributed by atoms with van der Waals surface area (Å²) < 4.78 is 0. The highest BCUT2D eigenvalue weighted by Gasteiger charge is 2.14. The molecule has 0 aromatic carbocycles. The predicted molar refractivity (Wildman–Crippen MR) is 53.2 cm³/mol. The van der Waals surface area contributed by atoms with Crippen LogP contribution in [0.1, 0.15) is 23.7 Å². The van der Waals surface area contributed by atoms with E-state index in [-0.39, 0.29) is 11.6 Å². The van der Waals surface area contributed by atoms with Gasteiger partial charge >= 0.3 is 5.97 Å². The van der Waals surface area contributed by atoms with Crippen LogP contribution in [-0.2, 0) is 4.79 Å². The zero-order valence-electron chi connectivity index (χ0n) is 7.70. The minimum Gasteiger partial charge on any atom is -0.481 e. The van der Waals surface area contributed by atoms with E-state index in [4.69, 9.17) is 22.4 Å². The highest BCUT2D eigenvalue weighted by atomic mass is 35.5. The maximum Gasteiger partial charge on any atom is 0.305 e. The first-order chi connectivity index (χ1) is 6.50. The molecule has 0 bridgehead atoms. The molecule has 4 nitrogen and oxygen atoms in total. The van der Waals surface area contributed by atoms with Gasteiger partial charge in [-0.1, -0.05) is 17.7 Å². The predicted octanol–water partition coefficient (Wildman–Crippen LogP) is 1.52. The van der Waals surface area contributed by atoms with E-state index in [0.717, 1.165) is 5.69 Å². The smallest absolute Gasteiger partial charge is 0.305 e. The van der Waals surface area contributed by atoms with Crippen molar-refractivity contribution in [1.29, 1.82) is 0 Å². The van der Waals surface area contributed by atoms with Crippen molar-refractivity contribution in [2.24, 2.45) is 5.73 Å². The molecule has 0 amide bonds. The Balaban J connectivity index is 2.90. The van der Waals surface area contributed by atoms with Crippen molar-refractivity contribution >= 4 is 17.6 Å². The van der Waals surface area contributed by atoms with Gasteiger partial charge in [0.15, 0.2) is 0 Å². The number of aryl methyl sites for hydroxylation is 1. The minimum atomic E-state index is -0.950. The fourth-order valence-electron chi connectivity index (χ4n) is 1.11. The van der Waals surface area contributed by atoms with E-state index in [1.54, 1.807) is 19.1 Å². The number of aromatic nitrogens is 1. The summed E-state index contributed by atoms with van der Waals surface area (Å²) in [6.45, 7) is 1.80. The molecular formula is C9H11ClN2O2. The summed E-state index contributed by atoms with van der Waals surface area (Å²) in [5.41, 5.74) is 6.99. The number of pyridine rings is 1. The van der Waals surface area contributed by atoms with E-state index in [1.807, 2.05) is 0 Å². The molecule has 76 valence electrons. The molecule has 0 aliphatic carbocycles. The van der Waals surface area contributed by atoms with Crippen LogP contribution in [-0.4, -0.2) is 16.1 Å². The van der Waals surface area contributed by atoms with Gasteiger partial charge < -0.3 is 10.8 Å². The molecular weight excluding hydrogens is 204 g/mol. The molecule has 0 aliphatic heterocycles. The molecule has 1 aromatic heterocycles. The lowest BCUT2D eigenvalue weighted by atomic mass is 10.1. The summed E-state index contributed by atoms with van der Waals surface area (Å²) in [5, 5.41) is 8.82. The summed E-state index contributed by atoms with van der Waals surface area (Å²) in [7, 11) is 0. The second kappa shape index (κ2) is 4.39.